The average molecular weight is 435 g/mol. The Balaban J connectivity index is 1.92. The summed E-state index contributed by atoms with van der Waals surface area (Å²) in [5.74, 6) is 0.483. The highest BCUT2D eigenvalue weighted by atomic mass is 35.5. The third kappa shape index (κ3) is 7.74. The van der Waals surface area contributed by atoms with E-state index in [0.717, 1.165) is 31.4 Å². The third-order valence-corrected chi connectivity index (χ3v) is 5.95. The van der Waals surface area contributed by atoms with Gasteiger partial charge in [-0.3, -0.25) is 9.59 Å². The lowest BCUT2D eigenvalue weighted by molar-refractivity contribution is -0.133. The molecule has 2 atom stereocenters. The second-order valence-electron chi connectivity index (χ2n) is 7.88. The van der Waals surface area contributed by atoms with Crippen LogP contribution in [0.4, 0.5) is 0 Å². The molecule has 1 saturated heterocycles. The number of benzene rings is 1. The lowest BCUT2D eigenvalue weighted by Gasteiger charge is -2.27. The number of carbonyl (C=O) groups is 2. The third-order valence-electron chi connectivity index (χ3n) is 5.70. The Hall–Kier alpha value is -1.89. The van der Waals surface area contributed by atoms with E-state index in [2.05, 4.69) is 24.5 Å². The van der Waals surface area contributed by atoms with Crippen LogP contribution in [0.1, 0.15) is 45.1 Å². The molecule has 1 aromatic carbocycles. The van der Waals surface area contributed by atoms with E-state index in [0.29, 0.717) is 37.0 Å². The number of hydrogen-bond acceptors (Lipinski definition) is 4. The van der Waals surface area contributed by atoms with E-state index in [1.165, 1.54) is 6.08 Å². The first-order valence-corrected chi connectivity index (χ1v) is 11.3. The Morgan fingerprint density at radius 2 is 2.03 bits per heavy atom. The Morgan fingerprint density at radius 3 is 2.67 bits per heavy atom. The van der Waals surface area contributed by atoms with Gasteiger partial charge in [0.15, 0.2) is 0 Å². The molecule has 7 heteroatoms. The lowest BCUT2D eigenvalue weighted by Crippen LogP contribution is -2.49. The van der Waals surface area contributed by atoms with Crippen LogP contribution in [0.15, 0.2) is 30.3 Å². The van der Waals surface area contributed by atoms with Gasteiger partial charge in [-0.1, -0.05) is 50.4 Å². The molecule has 1 aliphatic rings. The minimum absolute atomic E-state index is 0.0325. The Bertz CT molecular complexity index is 704. The molecule has 0 spiro atoms. The molecule has 4 N–H and O–H groups in total. The van der Waals surface area contributed by atoms with Gasteiger partial charge in [-0.2, -0.15) is 0 Å². The van der Waals surface area contributed by atoms with Gasteiger partial charge in [0.25, 0.3) is 0 Å². The summed E-state index contributed by atoms with van der Waals surface area (Å²) in [5, 5.41) is 7.02. The van der Waals surface area contributed by atoms with Gasteiger partial charge in [0, 0.05) is 36.8 Å². The summed E-state index contributed by atoms with van der Waals surface area (Å²) in [4.78, 5) is 27.2. The summed E-state index contributed by atoms with van der Waals surface area (Å²) in [5.41, 5.74) is 6.66. The van der Waals surface area contributed by atoms with Crippen LogP contribution in [0.2, 0.25) is 5.02 Å². The van der Waals surface area contributed by atoms with E-state index in [-0.39, 0.29) is 23.9 Å². The summed E-state index contributed by atoms with van der Waals surface area (Å²) < 4.78 is 0. The van der Waals surface area contributed by atoms with Crippen molar-refractivity contribution in [3.8, 4) is 0 Å². The molecule has 2 rings (SSSR count). The minimum atomic E-state index is -0.293. The number of amides is 2. The van der Waals surface area contributed by atoms with Crippen LogP contribution in [0.25, 0.3) is 6.08 Å². The Morgan fingerprint density at radius 1 is 1.33 bits per heavy atom. The number of carbonyl (C=O) groups excluding carboxylic acids is 2. The van der Waals surface area contributed by atoms with Crippen molar-refractivity contribution < 1.29 is 9.59 Å². The number of nitrogens with one attached hydrogen (secondary N) is 2. The molecule has 2 amide bonds. The maximum Gasteiger partial charge on any atom is 0.244 e. The van der Waals surface area contributed by atoms with Gasteiger partial charge in [-0.05, 0) is 49.1 Å². The first-order valence-electron chi connectivity index (χ1n) is 10.9. The number of hydrogen-bond donors (Lipinski definition) is 3. The van der Waals surface area contributed by atoms with Crippen LogP contribution in [-0.2, 0) is 9.59 Å². The van der Waals surface area contributed by atoms with Crippen LogP contribution in [0.3, 0.4) is 0 Å². The summed E-state index contributed by atoms with van der Waals surface area (Å²) in [7, 11) is 0. The van der Waals surface area contributed by atoms with Gasteiger partial charge >= 0.3 is 0 Å². The molecule has 6 nitrogen and oxygen atoms in total. The molecule has 1 aliphatic heterocycles. The minimum Gasteiger partial charge on any atom is -0.351 e. The van der Waals surface area contributed by atoms with Crippen LogP contribution >= 0.6 is 11.6 Å². The summed E-state index contributed by atoms with van der Waals surface area (Å²) in [6, 6.07) is 7.03. The topological polar surface area (TPSA) is 87.5 Å². The fraction of sp³-hybridized carbons (Fsp3) is 0.565. The molecule has 166 valence electrons. The SMILES string of the molecule is CCC(CC)CN1CC[C@@H](CNC(=O)/C=C/c2ccc(Cl)cc2)N[C@@H](CCN)C1=O. The first-order chi connectivity index (χ1) is 14.5. The fourth-order valence-corrected chi connectivity index (χ4v) is 3.81. The second kappa shape index (κ2) is 12.7. The van der Waals surface area contributed by atoms with E-state index < -0.39 is 0 Å². The molecule has 1 aromatic rings. The Labute approximate surface area is 185 Å². The van der Waals surface area contributed by atoms with Crippen molar-refractivity contribution in [1.29, 1.82) is 0 Å². The van der Waals surface area contributed by atoms with Crippen molar-refractivity contribution in [2.75, 3.05) is 26.2 Å². The van der Waals surface area contributed by atoms with Crippen molar-refractivity contribution in [1.82, 2.24) is 15.5 Å². The summed E-state index contributed by atoms with van der Waals surface area (Å²) >= 11 is 5.88. The zero-order valence-electron chi connectivity index (χ0n) is 18.1. The molecule has 30 heavy (non-hydrogen) atoms. The molecule has 1 heterocycles. The highest BCUT2D eigenvalue weighted by Gasteiger charge is 2.31. The maximum atomic E-state index is 13.0. The van der Waals surface area contributed by atoms with E-state index >= 15 is 0 Å². The van der Waals surface area contributed by atoms with Crippen molar-refractivity contribution in [2.24, 2.45) is 11.7 Å². The number of rotatable bonds is 10. The molecule has 0 aromatic heterocycles. The van der Waals surface area contributed by atoms with Gasteiger partial charge in [-0.25, -0.2) is 0 Å². The molecular formula is C23H35ClN4O2. The molecule has 0 aliphatic carbocycles. The lowest BCUT2D eigenvalue weighted by atomic mass is 10.0. The monoisotopic (exact) mass is 434 g/mol. The van der Waals surface area contributed by atoms with Gasteiger partial charge in [-0.15, -0.1) is 0 Å². The van der Waals surface area contributed by atoms with E-state index in [4.69, 9.17) is 17.3 Å². The van der Waals surface area contributed by atoms with Crippen molar-refractivity contribution >= 4 is 29.5 Å². The quantitative estimate of drug-likeness (QED) is 0.494. The molecule has 0 bridgehead atoms. The largest absolute Gasteiger partial charge is 0.351 e. The normalized spacial score (nSPS) is 20.0. The zero-order chi connectivity index (χ0) is 21.9. The highest BCUT2D eigenvalue weighted by Crippen LogP contribution is 2.16. The summed E-state index contributed by atoms with van der Waals surface area (Å²) in [6.07, 6.45) is 6.79. The maximum absolute atomic E-state index is 13.0. The van der Waals surface area contributed by atoms with E-state index in [1.54, 1.807) is 18.2 Å². The van der Waals surface area contributed by atoms with Gasteiger partial charge in [0.1, 0.15) is 0 Å². The first kappa shape index (κ1) is 24.4. The van der Waals surface area contributed by atoms with Gasteiger partial charge in [0.2, 0.25) is 11.8 Å². The standard InChI is InChI=1S/C23H35ClN4O2/c1-3-17(4-2)16-28-14-12-20(27-21(11-13-25)23(28)30)15-26-22(29)10-7-18-5-8-19(24)9-6-18/h5-10,17,20-21,27H,3-4,11-16,25H2,1-2H3,(H,26,29)/b10-7+/t20-,21-/m0/s1. The van der Waals surface area contributed by atoms with Crippen molar-refractivity contribution in [3.63, 3.8) is 0 Å². The van der Waals surface area contributed by atoms with Gasteiger partial charge < -0.3 is 21.3 Å². The zero-order valence-corrected chi connectivity index (χ0v) is 18.8. The highest BCUT2D eigenvalue weighted by molar-refractivity contribution is 6.30. The average Bonchev–Trinajstić information content (AvgIpc) is 2.89. The molecule has 0 unspecified atom stereocenters. The molecular weight excluding hydrogens is 400 g/mol. The molecule has 0 saturated carbocycles. The fourth-order valence-electron chi connectivity index (χ4n) is 3.68. The molecule has 1 fully saturated rings. The predicted octanol–water partition coefficient (Wildman–Crippen LogP) is 2.81. The van der Waals surface area contributed by atoms with Gasteiger partial charge in [0.05, 0.1) is 6.04 Å². The number of nitrogens with two attached hydrogens (primary N) is 1. The number of halogens is 1. The van der Waals surface area contributed by atoms with E-state index in [9.17, 15) is 9.59 Å². The Kier molecular flexibility index (Phi) is 10.3. The van der Waals surface area contributed by atoms with E-state index in [1.807, 2.05) is 17.0 Å². The van der Waals surface area contributed by atoms with Crippen molar-refractivity contribution in [3.05, 3.63) is 40.9 Å². The smallest absolute Gasteiger partial charge is 0.244 e. The predicted molar refractivity (Wildman–Crippen MR) is 123 cm³/mol. The summed E-state index contributed by atoms with van der Waals surface area (Å²) in [6.45, 7) is 6.74. The van der Waals surface area contributed by atoms with Crippen LogP contribution < -0.4 is 16.4 Å². The van der Waals surface area contributed by atoms with Crippen molar-refractivity contribution in [2.45, 2.75) is 51.6 Å². The number of nitrogens with zero attached hydrogens (tertiary/aromatic N) is 1. The van der Waals surface area contributed by atoms with Crippen LogP contribution in [-0.4, -0.2) is 55.0 Å². The van der Waals surface area contributed by atoms with Crippen LogP contribution in [0.5, 0.6) is 0 Å². The van der Waals surface area contributed by atoms with Crippen LogP contribution in [0, 0.1) is 5.92 Å². The molecule has 0 radical (unpaired) electrons. The second-order valence-corrected chi connectivity index (χ2v) is 8.32.